The maximum Gasteiger partial charge on any atom is 0.162 e. The molecule has 0 aliphatic rings. The fourth-order valence-corrected chi connectivity index (χ4v) is 2.87. The number of ether oxygens (including phenoxy) is 2. The Kier molecular flexibility index (Phi) is 6.81. The zero-order valence-electron chi connectivity index (χ0n) is 14.5. The van der Waals surface area contributed by atoms with E-state index in [1.807, 2.05) is 58.0 Å². The van der Waals surface area contributed by atoms with Crippen molar-refractivity contribution in [1.29, 1.82) is 0 Å². The molecule has 2 aromatic rings. The van der Waals surface area contributed by atoms with Crippen LogP contribution in [0.15, 0.2) is 34.8 Å². The van der Waals surface area contributed by atoms with Crippen molar-refractivity contribution in [3.63, 3.8) is 0 Å². The maximum atomic E-state index is 6.18. The summed E-state index contributed by atoms with van der Waals surface area (Å²) in [6.07, 6.45) is 0.0924. The molecule has 0 spiro atoms. The van der Waals surface area contributed by atoms with Gasteiger partial charge in [-0.15, -0.1) is 0 Å². The Bertz CT molecular complexity index is 704. The van der Waals surface area contributed by atoms with Crippen LogP contribution < -0.4 is 14.8 Å². The molecule has 0 aromatic heterocycles. The molecule has 3 nitrogen and oxygen atoms in total. The van der Waals surface area contributed by atoms with E-state index in [0.29, 0.717) is 13.2 Å². The van der Waals surface area contributed by atoms with Gasteiger partial charge in [-0.2, -0.15) is 0 Å². The summed E-state index contributed by atoms with van der Waals surface area (Å²) < 4.78 is 12.5. The van der Waals surface area contributed by atoms with Crippen LogP contribution in [0.2, 0.25) is 5.02 Å². The van der Waals surface area contributed by atoms with E-state index in [1.165, 1.54) is 0 Å². The topological polar surface area (TPSA) is 30.5 Å². The first-order valence-electron chi connectivity index (χ1n) is 8.02. The highest BCUT2D eigenvalue weighted by Gasteiger charge is 2.12. The molecule has 0 fully saturated rings. The Labute approximate surface area is 157 Å². The summed E-state index contributed by atoms with van der Waals surface area (Å²) >= 11 is 9.80. The lowest BCUT2D eigenvalue weighted by atomic mass is 10.1. The normalized spacial score (nSPS) is 10.8. The second-order valence-electron chi connectivity index (χ2n) is 5.81. The van der Waals surface area contributed by atoms with Crippen molar-refractivity contribution < 1.29 is 9.47 Å². The Morgan fingerprint density at radius 3 is 2.54 bits per heavy atom. The van der Waals surface area contributed by atoms with Gasteiger partial charge in [0, 0.05) is 21.7 Å². The molecule has 0 unspecified atom stereocenters. The van der Waals surface area contributed by atoms with Gasteiger partial charge in [-0.3, -0.25) is 0 Å². The van der Waals surface area contributed by atoms with E-state index in [9.17, 15) is 0 Å². The van der Waals surface area contributed by atoms with E-state index >= 15 is 0 Å². The molecule has 5 heteroatoms. The number of anilines is 1. The molecule has 1 N–H and O–H groups in total. The van der Waals surface area contributed by atoms with Crippen LogP contribution in [0.3, 0.4) is 0 Å². The molecule has 130 valence electrons. The van der Waals surface area contributed by atoms with Crippen molar-refractivity contribution in [2.75, 3.05) is 11.9 Å². The second kappa shape index (κ2) is 8.63. The molecule has 0 heterocycles. The molecule has 0 aliphatic heterocycles. The van der Waals surface area contributed by atoms with E-state index in [-0.39, 0.29) is 6.10 Å². The summed E-state index contributed by atoms with van der Waals surface area (Å²) in [5, 5.41) is 4.15. The van der Waals surface area contributed by atoms with Crippen LogP contribution in [0.4, 0.5) is 5.69 Å². The minimum Gasteiger partial charge on any atom is -0.490 e. The number of benzene rings is 2. The van der Waals surface area contributed by atoms with Gasteiger partial charge in [0.05, 0.1) is 12.7 Å². The van der Waals surface area contributed by atoms with Crippen LogP contribution in [0.1, 0.15) is 31.9 Å². The minimum absolute atomic E-state index is 0.0924. The van der Waals surface area contributed by atoms with Gasteiger partial charge in [0.2, 0.25) is 0 Å². The molecule has 0 amide bonds. The van der Waals surface area contributed by atoms with Gasteiger partial charge >= 0.3 is 0 Å². The second-order valence-corrected chi connectivity index (χ2v) is 7.07. The van der Waals surface area contributed by atoms with Crippen LogP contribution in [-0.4, -0.2) is 12.7 Å². The number of rotatable bonds is 7. The van der Waals surface area contributed by atoms with Crippen molar-refractivity contribution >= 4 is 33.2 Å². The van der Waals surface area contributed by atoms with E-state index in [2.05, 4.69) is 21.2 Å². The maximum absolute atomic E-state index is 6.18. The van der Waals surface area contributed by atoms with Crippen LogP contribution in [-0.2, 0) is 6.54 Å². The Morgan fingerprint density at radius 2 is 1.92 bits per heavy atom. The van der Waals surface area contributed by atoms with Crippen LogP contribution in [0.5, 0.6) is 11.5 Å². The molecule has 0 saturated carbocycles. The van der Waals surface area contributed by atoms with Gasteiger partial charge in [-0.1, -0.05) is 33.6 Å². The monoisotopic (exact) mass is 411 g/mol. The Hall–Kier alpha value is -1.39. The highest BCUT2D eigenvalue weighted by molar-refractivity contribution is 9.10. The minimum atomic E-state index is 0.0924. The fraction of sp³-hybridized carbons (Fsp3) is 0.368. The van der Waals surface area contributed by atoms with Crippen molar-refractivity contribution in [2.45, 2.75) is 40.3 Å². The first-order valence-corrected chi connectivity index (χ1v) is 9.19. The number of halogens is 2. The quantitative estimate of drug-likeness (QED) is 0.586. The van der Waals surface area contributed by atoms with E-state index in [1.54, 1.807) is 0 Å². The smallest absolute Gasteiger partial charge is 0.162 e. The third-order valence-corrected chi connectivity index (χ3v) is 4.58. The fourth-order valence-electron chi connectivity index (χ4n) is 2.23. The predicted octanol–water partition coefficient (Wildman–Crippen LogP) is 6.21. The lowest BCUT2D eigenvalue weighted by molar-refractivity contribution is 0.223. The van der Waals surface area contributed by atoms with Gasteiger partial charge in [0.15, 0.2) is 11.5 Å². The molecule has 0 aliphatic carbocycles. The van der Waals surface area contributed by atoms with Crippen LogP contribution in [0.25, 0.3) is 0 Å². The lowest BCUT2D eigenvalue weighted by Crippen LogP contribution is -2.08. The van der Waals surface area contributed by atoms with E-state index in [0.717, 1.165) is 37.8 Å². The number of hydrogen-bond donors (Lipinski definition) is 1. The van der Waals surface area contributed by atoms with Gasteiger partial charge in [0.25, 0.3) is 0 Å². The molecule has 0 saturated heterocycles. The van der Waals surface area contributed by atoms with Crippen molar-refractivity contribution in [3.05, 3.63) is 51.0 Å². The molecular formula is C19H23BrClNO2. The Morgan fingerprint density at radius 1 is 1.17 bits per heavy atom. The number of nitrogens with one attached hydrogen (secondary N) is 1. The van der Waals surface area contributed by atoms with E-state index in [4.69, 9.17) is 21.1 Å². The molecule has 0 radical (unpaired) electrons. The molecule has 0 atom stereocenters. The summed E-state index contributed by atoms with van der Waals surface area (Å²) in [5.41, 5.74) is 3.14. The summed E-state index contributed by atoms with van der Waals surface area (Å²) in [5.74, 6) is 1.51. The Balaban J connectivity index is 2.19. The summed E-state index contributed by atoms with van der Waals surface area (Å²) in [6.45, 7) is 9.21. The van der Waals surface area contributed by atoms with Crippen molar-refractivity contribution in [3.8, 4) is 11.5 Å². The first kappa shape index (κ1) is 18.9. The molecule has 0 bridgehead atoms. The summed E-state index contributed by atoms with van der Waals surface area (Å²) in [4.78, 5) is 0. The van der Waals surface area contributed by atoms with Crippen molar-refractivity contribution in [2.24, 2.45) is 0 Å². The highest BCUT2D eigenvalue weighted by Crippen LogP contribution is 2.35. The van der Waals surface area contributed by atoms with Crippen LogP contribution in [0, 0.1) is 6.92 Å². The average Bonchev–Trinajstić information content (AvgIpc) is 2.51. The molecule has 2 rings (SSSR count). The predicted molar refractivity (Wildman–Crippen MR) is 105 cm³/mol. The van der Waals surface area contributed by atoms with Gasteiger partial charge < -0.3 is 14.8 Å². The zero-order chi connectivity index (χ0) is 17.7. The summed E-state index contributed by atoms with van der Waals surface area (Å²) in [6, 6.07) is 9.93. The highest BCUT2D eigenvalue weighted by atomic mass is 79.9. The largest absolute Gasteiger partial charge is 0.490 e. The molecule has 2 aromatic carbocycles. The average molecular weight is 413 g/mol. The number of hydrogen-bond acceptors (Lipinski definition) is 3. The van der Waals surface area contributed by atoms with Gasteiger partial charge in [-0.25, -0.2) is 0 Å². The first-order chi connectivity index (χ1) is 11.4. The third-order valence-electron chi connectivity index (χ3n) is 3.43. The van der Waals surface area contributed by atoms with Gasteiger partial charge in [0.1, 0.15) is 0 Å². The zero-order valence-corrected chi connectivity index (χ0v) is 16.8. The standard InChI is InChI=1S/C19H23BrClNO2/c1-5-23-18-8-14(16(20)10-19(18)24-12(2)3)11-22-15-7-6-13(4)17(21)9-15/h6-10,12,22H,5,11H2,1-4H3. The van der Waals surface area contributed by atoms with Crippen LogP contribution >= 0.6 is 27.5 Å². The lowest BCUT2D eigenvalue weighted by Gasteiger charge is -2.17. The van der Waals surface area contributed by atoms with Crippen molar-refractivity contribution in [1.82, 2.24) is 0 Å². The van der Waals surface area contributed by atoms with Gasteiger partial charge in [-0.05, 0) is 63.1 Å². The molecule has 24 heavy (non-hydrogen) atoms. The number of aryl methyl sites for hydroxylation is 1. The SMILES string of the molecule is CCOc1cc(CNc2ccc(C)c(Cl)c2)c(Br)cc1OC(C)C. The molecular weight excluding hydrogens is 390 g/mol. The third kappa shape index (κ3) is 5.05. The van der Waals surface area contributed by atoms with E-state index < -0.39 is 0 Å². The summed E-state index contributed by atoms with van der Waals surface area (Å²) in [7, 11) is 0.